The van der Waals surface area contributed by atoms with Gasteiger partial charge in [-0.3, -0.25) is 4.98 Å². The number of rotatable bonds is 2. The fourth-order valence-corrected chi connectivity index (χ4v) is 2.45. The van der Waals surface area contributed by atoms with Gasteiger partial charge in [-0.2, -0.15) is 5.26 Å². The predicted molar refractivity (Wildman–Crippen MR) is 51.7 cm³/mol. The molecule has 0 aliphatic carbocycles. The van der Waals surface area contributed by atoms with Gasteiger partial charge in [0.1, 0.15) is 16.7 Å². The molecule has 86 valence electrons. The van der Waals surface area contributed by atoms with Gasteiger partial charge in [-0.1, -0.05) is 0 Å². The minimum Gasteiger partial charge on any atom is -0.253 e. The summed E-state index contributed by atoms with van der Waals surface area (Å²) in [5.41, 5.74) is -1.23. The van der Waals surface area contributed by atoms with E-state index in [1.165, 1.54) is 13.0 Å². The Bertz CT molecular complexity index is 566. The summed E-state index contributed by atoms with van der Waals surface area (Å²) < 4.78 is 47.3. The summed E-state index contributed by atoms with van der Waals surface area (Å²) in [5, 5.41) is 8.72. The molecule has 0 aliphatic heterocycles. The van der Waals surface area contributed by atoms with Crippen LogP contribution >= 0.6 is 10.7 Å². The van der Waals surface area contributed by atoms with E-state index in [4.69, 9.17) is 15.9 Å². The topological polar surface area (TPSA) is 70.8 Å². The molecule has 1 aromatic rings. The molecular weight excluding hydrogens is 262 g/mol. The molecule has 1 rings (SSSR count). The van der Waals surface area contributed by atoms with Crippen molar-refractivity contribution >= 4 is 19.7 Å². The van der Waals surface area contributed by atoms with Crippen LogP contribution in [0.3, 0.4) is 0 Å². The molecule has 0 spiro atoms. The summed E-state index contributed by atoms with van der Waals surface area (Å²) in [7, 11) is 0.575. The minimum absolute atomic E-state index is 0.172. The van der Waals surface area contributed by atoms with Crippen LogP contribution in [0.2, 0.25) is 0 Å². The lowest BCUT2D eigenvalue weighted by Gasteiger charge is -2.08. The lowest BCUT2D eigenvalue weighted by Crippen LogP contribution is -2.06. The number of alkyl halides is 2. The Kier molecular flexibility index (Phi) is 3.45. The second-order valence-electron chi connectivity index (χ2n) is 2.88. The zero-order valence-electron chi connectivity index (χ0n) is 7.91. The first-order valence-electron chi connectivity index (χ1n) is 3.91. The van der Waals surface area contributed by atoms with E-state index in [9.17, 15) is 17.2 Å². The van der Waals surface area contributed by atoms with Gasteiger partial charge in [0, 0.05) is 16.9 Å². The van der Waals surface area contributed by atoms with Crippen molar-refractivity contribution in [1.82, 2.24) is 4.98 Å². The molecule has 0 aliphatic rings. The van der Waals surface area contributed by atoms with Crippen LogP contribution in [0.25, 0.3) is 0 Å². The average molecular weight is 267 g/mol. The van der Waals surface area contributed by atoms with E-state index in [0.717, 1.165) is 6.20 Å². The molecule has 0 unspecified atom stereocenters. The first kappa shape index (κ1) is 12.8. The lowest BCUT2D eigenvalue weighted by atomic mass is 10.1. The summed E-state index contributed by atoms with van der Waals surface area (Å²) >= 11 is 0. The Morgan fingerprint density at radius 3 is 2.50 bits per heavy atom. The molecule has 0 radical (unpaired) electrons. The predicted octanol–water partition coefficient (Wildman–Crippen LogP) is 2.13. The van der Waals surface area contributed by atoms with Crippen molar-refractivity contribution in [3.63, 3.8) is 0 Å². The molecule has 0 aromatic carbocycles. The van der Waals surface area contributed by atoms with E-state index >= 15 is 0 Å². The number of pyridine rings is 1. The number of aryl methyl sites for hydroxylation is 1. The fraction of sp³-hybridized carbons (Fsp3) is 0.250. The van der Waals surface area contributed by atoms with Crippen molar-refractivity contribution in [3.05, 3.63) is 23.0 Å². The highest BCUT2D eigenvalue weighted by atomic mass is 35.7. The van der Waals surface area contributed by atoms with Gasteiger partial charge < -0.3 is 0 Å². The molecule has 1 heterocycles. The average Bonchev–Trinajstić information content (AvgIpc) is 2.15. The second kappa shape index (κ2) is 4.31. The Balaban J connectivity index is 3.77. The van der Waals surface area contributed by atoms with Crippen LogP contribution in [0.5, 0.6) is 0 Å². The normalized spacial score (nSPS) is 11.5. The van der Waals surface area contributed by atoms with E-state index in [1.807, 2.05) is 0 Å². The number of hydrogen-bond acceptors (Lipinski definition) is 4. The lowest BCUT2D eigenvalue weighted by molar-refractivity contribution is 0.142. The zero-order chi connectivity index (χ0) is 12.5. The Labute approximate surface area is 94.9 Å². The maximum absolute atomic E-state index is 12.5. The molecule has 0 saturated carbocycles. The van der Waals surface area contributed by atoms with Crippen LogP contribution < -0.4 is 0 Å². The first-order valence-corrected chi connectivity index (χ1v) is 6.22. The van der Waals surface area contributed by atoms with Crippen molar-refractivity contribution in [2.75, 3.05) is 0 Å². The molecule has 0 bridgehead atoms. The highest BCUT2D eigenvalue weighted by molar-refractivity contribution is 8.13. The van der Waals surface area contributed by atoms with Crippen LogP contribution in [0.1, 0.15) is 23.2 Å². The SMILES string of the molecule is Cc1cnc(C(F)F)c(S(=O)(=O)Cl)c1C#N. The highest BCUT2D eigenvalue weighted by Gasteiger charge is 2.28. The largest absolute Gasteiger partial charge is 0.281 e. The molecular formula is C8H5ClF2N2O2S. The third-order valence-electron chi connectivity index (χ3n) is 1.81. The molecule has 1 aromatic heterocycles. The van der Waals surface area contributed by atoms with E-state index in [-0.39, 0.29) is 5.56 Å². The van der Waals surface area contributed by atoms with Gasteiger partial charge in [0.05, 0.1) is 5.56 Å². The molecule has 8 heteroatoms. The second-order valence-corrected chi connectivity index (χ2v) is 5.38. The van der Waals surface area contributed by atoms with Crippen LogP contribution in [0.15, 0.2) is 11.1 Å². The van der Waals surface area contributed by atoms with Gasteiger partial charge in [0.25, 0.3) is 15.5 Å². The minimum atomic E-state index is -4.44. The van der Waals surface area contributed by atoms with Crippen molar-refractivity contribution < 1.29 is 17.2 Å². The van der Waals surface area contributed by atoms with Crippen molar-refractivity contribution in [3.8, 4) is 6.07 Å². The summed E-state index contributed by atoms with van der Waals surface area (Å²) in [6.45, 7) is 1.38. The van der Waals surface area contributed by atoms with Gasteiger partial charge in [0.2, 0.25) is 0 Å². The first-order chi connectivity index (χ1) is 7.29. The van der Waals surface area contributed by atoms with Gasteiger partial charge in [0.15, 0.2) is 0 Å². The number of nitriles is 1. The molecule has 0 fully saturated rings. The molecule has 4 nitrogen and oxygen atoms in total. The molecule has 0 amide bonds. The standard InChI is InChI=1S/C8H5ClF2N2O2S/c1-4-3-13-6(8(10)11)7(5(4)2-12)16(9,14)15/h3,8H,1H3. The summed E-state index contributed by atoms with van der Waals surface area (Å²) in [4.78, 5) is 2.38. The van der Waals surface area contributed by atoms with Gasteiger partial charge in [-0.25, -0.2) is 17.2 Å². The Morgan fingerprint density at radius 1 is 1.56 bits per heavy atom. The maximum atomic E-state index is 12.5. The summed E-state index contributed by atoms with van der Waals surface area (Å²) in [6.07, 6.45) is -2.11. The number of hydrogen-bond donors (Lipinski definition) is 0. The van der Waals surface area contributed by atoms with Gasteiger partial charge in [-0.15, -0.1) is 0 Å². The smallest absolute Gasteiger partial charge is 0.253 e. The Hall–Kier alpha value is -1.26. The van der Waals surface area contributed by atoms with Crippen molar-refractivity contribution in [1.29, 1.82) is 5.26 Å². The monoisotopic (exact) mass is 266 g/mol. The molecule has 16 heavy (non-hydrogen) atoms. The number of halogens is 3. The maximum Gasteiger partial charge on any atom is 0.281 e. The zero-order valence-corrected chi connectivity index (χ0v) is 9.48. The third-order valence-corrected chi connectivity index (χ3v) is 3.18. The van der Waals surface area contributed by atoms with Crippen molar-refractivity contribution in [2.45, 2.75) is 18.2 Å². The van der Waals surface area contributed by atoms with E-state index < -0.39 is 31.6 Å². The summed E-state index contributed by atoms with van der Waals surface area (Å²) in [6, 6.07) is 1.53. The van der Waals surface area contributed by atoms with Crippen molar-refractivity contribution in [2.24, 2.45) is 0 Å². The van der Waals surface area contributed by atoms with Crippen LogP contribution in [0, 0.1) is 18.3 Å². The van der Waals surface area contributed by atoms with Gasteiger partial charge >= 0.3 is 0 Å². The Morgan fingerprint density at radius 2 is 2.12 bits per heavy atom. The summed E-state index contributed by atoms with van der Waals surface area (Å²) in [5.74, 6) is 0. The van der Waals surface area contributed by atoms with Crippen LogP contribution in [-0.2, 0) is 9.05 Å². The quantitative estimate of drug-likeness (QED) is 0.769. The fourth-order valence-electron chi connectivity index (χ4n) is 1.14. The number of nitrogens with zero attached hydrogens (tertiary/aromatic N) is 2. The van der Waals surface area contributed by atoms with E-state index in [0.29, 0.717) is 0 Å². The third kappa shape index (κ3) is 2.28. The molecule has 0 saturated heterocycles. The van der Waals surface area contributed by atoms with E-state index in [2.05, 4.69) is 4.98 Å². The van der Waals surface area contributed by atoms with E-state index in [1.54, 1.807) is 0 Å². The van der Waals surface area contributed by atoms with Crippen LogP contribution in [-0.4, -0.2) is 13.4 Å². The highest BCUT2D eigenvalue weighted by Crippen LogP contribution is 2.30. The van der Waals surface area contributed by atoms with Crippen LogP contribution in [0.4, 0.5) is 8.78 Å². The number of aromatic nitrogens is 1. The molecule has 0 N–H and O–H groups in total. The molecule has 0 atom stereocenters. The van der Waals surface area contributed by atoms with Gasteiger partial charge in [-0.05, 0) is 12.5 Å².